The van der Waals surface area contributed by atoms with Crippen LogP contribution < -0.4 is 0 Å². The monoisotopic (exact) mass is 268 g/mol. The molecule has 0 aliphatic rings. The van der Waals surface area contributed by atoms with E-state index in [0.717, 1.165) is 22.0 Å². The Labute approximate surface area is 115 Å². The Morgan fingerprint density at radius 1 is 1.15 bits per heavy atom. The lowest BCUT2D eigenvalue weighted by Crippen LogP contribution is -1.98. The highest BCUT2D eigenvalue weighted by atomic mass is 19.1. The Balaban J connectivity index is 1.96. The van der Waals surface area contributed by atoms with Crippen molar-refractivity contribution in [3.63, 3.8) is 0 Å². The molecule has 3 rings (SSSR count). The molecule has 0 aliphatic heterocycles. The summed E-state index contributed by atoms with van der Waals surface area (Å²) in [4.78, 5) is 0. The van der Waals surface area contributed by atoms with Crippen molar-refractivity contribution in [2.45, 2.75) is 6.54 Å². The van der Waals surface area contributed by atoms with Crippen LogP contribution in [0.2, 0.25) is 0 Å². The third-order valence-electron chi connectivity index (χ3n) is 3.24. The van der Waals surface area contributed by atoms with E-state index in [1.165, 1.54) is 12.3 Å². The van der Waals surface area contributed by atoms with Crippen molar-refractivity contribution in [1.29, 1.82) is 0 Å². The van der Waals surface area contributed by atoms with Gasteiger partial charge in [-0.15, -0.1) is 0 Å². The first-order chi connectivity index (χ1) is 9.76. The van der Waals surface area contributed by atoms with Gasteiger partial charge in [-0.1, -0.05) is 23.4 Å². The summed E-state index contributed by atoms with van der Waals surface area (Å²) in [5.41, 5.74) is 2.82. The summed E-state index contributed by atoms with van der Waals surface area (Å²) in [6.45, 7) is 0.620. The highest BCUT2D eigenvalue weighted by Gasteiger charge is 2.03. The molecule has 0 saturated carbocycles. The Hall–Kier alpha value is -2.62. The minimum Gasteiger partial charge on any atom is -0.411 e. The smallest absolute Gasteiger partial charge is 0.123 e. The number of hydrogen-bond acceptors (Lipinski definition) is 2. The predicted molar refractivity (Wildman–Crippen MR) is 76.8 cm³/mol. The summed E-state index contributed by atoms with van der Waals surface area (Å²) in [6.07, 6.45) is 3.36. The number of fused-ring (bicyclic) bond motifs is 1. The normalized spacial score (nSPS) is 11.4. The second-order valence-electron chi connectivity index (χ2n) is 4.64. The summed E-state index contributed by atoms with van der Waals surface area (Å²) in [5, 5.41) is 12.6. The van der Waals surface area contributed by atoms with Crippen LogP contribution in [0.1, 0.15) is 11.1 Å². The van der Waals surface area contributed by atoms with Gasteiger partial charge in [0.15, 0.2) is 0 Å². The number of benzene rings is 2. The van der Waals surface area contributed by atoms with Crippen LogP contribution in [0.5, 0.6) is 0 Å². The molecule has 0 spiro atoms. The number of hydrogen-bond donors (Lipinski definition) is 1. The Bertz CT molecular complexity index is 777. The maximum absolute atomic E-state index is 13.2. The maximum atomic E-state index is 13.2. The number of oxime groups is 1. The van der Waals surface area contributed by atoms with Gasteiger partial charge in [0.05, 0.1) is 6.21 Å². The lowest BCUT2D eigenvalue weighted by molar-refractivity contribution is 0.322. The zero-order valence-corrected chi connectivity index (χ0v) is 10.7. The lowest BCUT2D eigenvalue weighted by Gasteiger charge is -2.06. The molecular weight excluding hydrogens is 255 g/mol. The number of aromatic nitrogens is 1. The Kier molecular flexibility index (Phi) is 3.21. The van der Waals surface area contributed by atoms with Crippen molar-refractivity contribution in [2.24, 2.45) is 5.16 Å². The van der Waals surface area contributed by atoms with Gasteiger partial charge >= 0.3 is 0 Å². The van der Waals surface area contributed by atoms with Crippen LogP contribution in [0, 0.1) is 5.82 Å². The zero-order chi connectivity index (χ0) is 13.9. The van der Waals surface area contributed by atoms with E-state index in [-0.39, 0.29) is 5.82 Å². The molecule has 4 heteroatoms. The van der Waals surface area contributed by atoms with Gasteiger partial charge in [-0.25, -0.2) is 4.39 Å². The molecule has 0 amide bonds. The number of halogens is 1. The predicted octanol–water partition coefficient (Wildman–Crippen LogP) is 3.64. The third-order valence-corrected chi connectivity index (χ3v) is 3.24. The van der Waals surface area contributed by atoms with Crippen molar-refractivity contribution in [3.8, 4) is 0 Å². The van der Waals surface area contributed by atoms with Crippen LogP contribution in [0.3, 0.4) is 0 Å². The largest absolute Gasteiger partial charge is 0.411 e. The minimum absolute atomic E-state index is 0.222. The molecule has 20 heavy (non-hydrogen) atoms. The molecule has 100 valence electrons. The second-order valence-corrected chi connectivity index (χ2v) is 4.64. The SMILES string of the molecule is ON=Cc1ccc2c(ccn2Cc2cccc(F)c2)c1. The van der Waals surface area contributed by atoms with Gasteiger partial charge in [0.2, 0.25) is 0 Å². The fourth-order valence-electron chi connectivity index (χ4n) is 2.34. The molecule has 3 nitrogen and oxygen atoms in total. The zero-order valence-electron chi connectivity index (χ0n) is 10.7. The fraction of sp³-hybridized carbons (Fsp3) is 0.0625. The molecule has 0 radical (unpaired) electrons. The number of rotatable bonds is 3. The van der Waals surface area contributed by atoms with Crippen LogP contribution >= 0.6 is 0 Å². The summed E-state index contributed by atoms with van der Waals surface area (Å²) < 4.78 is 15.3. The first kappa shape index (κ1) is 12.4. The molecule has 3 aromatic rings. The van der Waals surface area contributed by atoms with Crippen LogP contribution in [-0.2, 0) is 6.54 Å². The standard InChI is InChI=1S/C16H13FN2O/c17-15-3-1-2-13(9-15)11-19-7-6-14-8-12(10-18-20)4-5-16(14)19/h1-10,20H,11H2. The van der Waals surface area contributed by atoms with Crippen LogP contribution in [0.15, 0.2) is 59.9 Å². The molecule has 0 bridgehead atoms. The van der Waals surface area contributed by atoms with Crippen LogP contribution in [0.25, 0.3) is 10.9 Å². The van der Waals surface area contributed by atoms with E-state index in [2.05, 4.69) is 9.72 Å². The third kappa shape index (κ3) is 2.40. The van der Waals surface area contributed by atoms with Gasteiger partial charge in [-0.05, 0) is 41.5 Å². The van der Waals surface area contributed by atoms with E-state index in [1.807, 2.05) is 36.5 Å². The van der Waals surface area contributed by atoms with Gasteiger partial charge in [0.25, 0.3) is 0 Å². The number of nitrogens with zero attached hydrogens (tertiary/aromatic N) is 2. The molecule has 2 aromatic carbocycles. The molecule has 1 aromatic heterocycles. The van der Waals surface area contributed by atoms with E-state index in [9.17, 15) is 4.39 Å². The van der Waals surface area contributed by atoms with Crippen molar-refractivity contribution in [2.75, 3.05) is 0 Å². The van der Waals surface area contributed by atoms with Crippen molar-refractivity contribution >= 4 is 17.1 Å². The Morgan fingerprint density at radius 3 is 2.85 bits per heavy atom. The van der Waals surface area contributed by atoms with E-state index >= 15 is 0 Å². The molecule has 0 aliphatic carbocycles. The van der Waals surface area contributed by atoms with E-state index in [1.54, 1.807) is 12.1 Å². The van der Waals surface area contributed by atoms with Gasteiger partial charge in [-0.2, -0.15) is 0 Å². The summed E-state index contributed by atoms with van der Waals surface area (Å²) in [6, 6.07) is 14.4. The molecule has 0 atom stereocenters. The molecule has 0 unspecified atom stereocenters. The molecular formula is C16H13FN2O. The highest BCUT2D eigenvalue weighted by molar-refractivity contribution is 5.89. The first-order valence-electron chi connectivity index (χ1n) is 6.27. The highest BCUT2D eigenvalue weighted by Crippen LogP contribution is 2.18. The molecule has 0 fully saturated rings. The van der Waals surface area contributed by atoms with E-state index < -0.39 is 0 Å². The van der Waals surface area contributed by atoms with Gasteiger partial charge < -0.3 is 9.77 Å². The quantitative estimate of drug-likeness (QED) is 0.439. The molecule has 1 N–H and O–H groups in total. The van der Waals surface area contributed by atoms with Gasteiger partial charge in [-0.3, -0.25) is 0 Å². The molecule has 0 saturated heterocycles. The Morgan fingerprint density at radius 2 is 2.05 bits per heavy atom. The van der Waals surface area contributed by atoms with Crippen molar-refractivity contribution in [3.05, 3.63) is 71.7 Å². The maximum Gasteiger partial charge on any atom is 0.123 e. The fourth-order valence-corrected chi connectivity index (χ4v) is 2.34. The van der Waals surface area contributed by atoms with Crippen LogP contribution in [0.4, 0.5) is 4.39 Å². The van der Waals surface area contributed by atoms with E-state index in [0.29, 0.717) is 6.54 Å². The van der Waals surface area contributed by atoms with Crippen LogP contribution in [-0.4, -0.2) is 16.0 Å². The average molecular weight is 268 g/mol. The second kappa shape index (κ2) is 5.17. The summed E-state index contributed by atoms with van der Waals surface area (Å²) >= 11 is 0. The molecule has 1 heterocycles. The van der Waals surface area contributed by atoms with Crippen molar-refractivity contribution < 1.29 is 9.60 Å². The van der Waals surface area contributed by atoms with E-state index in [4.69, 9.17) is 5.21 Å². The summed E-state index contributed by atoms with van der Waals surface area (Å²) in [5.74, 6) is -0.222. The van der Waals surface area contributed by atoms with Gasteiger partial charge in [0, 0.05) is 23.6 Å². The lowest BCUT2D eigenvalue weighted by atomic mass is 10.1. The average Bonchev–Trinajstić information content (AvgIpc) is 2.82. The minimum atomic E-state index is -0.222. The topological polar surface area (TPSA) is 37.5 Å². The summed E-state index contributed by atoms with van der Waals surface area (Å²) in [7, 11) is 0. The van der Waals surface area contributed by atoms with Gasteiger partial charge in [0.1, 0.15) is 5.82 Å². The van der Waals surface area contributed by atoms with Crippen molar-refractivity contribution in [1.82, 2.24) is 4.57 Å². The first-order valence-corrected chi connectivity index (χ1v) is 6.27.